The van der Waals surface area contributed by atoms with Crippen LogP contribution in [0, 0.1) is 6.92 Å². The number of carbonyl (C=O) groups excluding carboxylic acids is 6. The number of carboxylic acid groups (broad SMARTS) is 6. The van der Waals surface area contributed by atoms with Gasteiger partial charge in [0, 0.05) is 75.6 Å². The van der Waals surface area contributed by atoms with Crippen molar-refractivity contribution in [1.82, 2.24) is 19.9 Å². The maximum atomic E-state index is 12.3. The van der Waals surface area contributed by atoms with Gasteiger partial charge in [0.15, 0.2) is 0 Å². The van der Waals surface area contributed by atoms with Gasteiger partial charge >= 0.3 is 0 Å². The summed E-state index contributed by atoms with van der Waals surface area (Å²) in [5.41, 5.74) is 1.01. The summed E-state index contributed by atoms with van der Waals surface area (Å²) < 4.78 is 0. The van der Waals surface area contributed by atoms with E-state index < -0.39 is 84.2 Å². The standard InChI is InChI=1S/C40H46N4O12.Fe/c1-19-21(5-9-33(45)46)27-14-28-22(6-10-34(47)48)20(2)26(42-28)15-31-40(4,18-38(55)56)24(8-12-36(51)52)30(44-31)16-32-39(3,17-37(53)54)23(7-11-35(49)50)29(43-32)13-25(19)41-27;/h13-16,23-24H,5-12,17-18H2,1-4H3,(H8,41,42,43,44,45,46,47,48,49,50,51,52,53,54,55,56);/p-8/t23-,24-,39+,40+;/m1./s1. The van der Waals surface area contributed by atoms with Crippen molar-refractivity contribution in [2.75, 3.05) is 0 Å². The van der Waals surface area contributed by atoms with Crippen molar-refractivity contribution in [2.45, 2.75) is 115 Å². The van der Waals surface area contributed by atoms with E-state index in [4.69, 9.17) is 19.9 Å². The van der Waals surface area contributed by atoms with E-state index >= 15 is 0 Å². The Morgan fingerprint density at radius 3 is 1.77 bits per heavy atom. The number of aromatic nitrogens is 4. The van der Waals surface area contributed by atoms with Crippen molar-refractivity contribution in [3.8, 4) is 0 Å². The summed E-state index contributed by atoms with van der Waals surface area (Å²) in [5.74, 6) is -10.2. The van der Waals surface area contributed by atoms with Gasteiger partial charge in [0.05, 0.1) is 11.4 Å². The number of hydrogen-bond donors (Lipinski definition) is 0. The molecule has 3 aliphatic rings. The van der Waals surface area contributed by atoms with E-state index in [9.17, 15) is 59.4 Å². The van der Waals surface area contributed by atoms with Crippen LogP contribution in [0.25, 0.3) is 22.2 Å². The van der Waals surface area contributed by atoms with Gasteiger partial charge in [0.25, 0.3) is 0 Å². The fourth-order valence-corrected chi connectivity index (χ4v) is 8.24. The number of carbonyl (C=O) groups is 6. The second-order valence-corrected chi connectivity index (χ2v) is 15.0. The summed E-state index contributed by atoms with van der Waals surface area (Å²) >= 11 is 0. The maximum Gasteiger partial charge on any atom is 0.0660 e. The zero-order valence-corrected chi connectivity index (χ0v) is 32.7. The molecule has 0 radical (unpaired) electrons. The first-order valence-corrected chi connectivity index (χ1v) is 18.1. The van der Waals surface area contributed by atoms with Gasteiger partial charge in [-0.2, -0.15) is 11.4 Å². The molecule has 0 amide bonds. The van der Waals surface area contributed by atoms with Gasteiger partial charge in [0.1, 0.15) is 0 Å². The van der Waals surface area contributed by atoms with E-state index in [-0.39, 0.29) is 95.3 Å². The minimum absolute atomic E-state index is 0. The zero-order chi connectivity index (χ0) is 41.3. The van der Waals surface area contributed by atoms with Crippen LogP contribution in [0.15, 0.2) is 24.3 Å². The van der Waals surface area contributed by atoms with Crippen LogP contribution in [-0.2, 0) is 63.1 Å². The number of aryl methyl sites for hydroxylation is 2. The van der Waals surface area contributed by atoms with Gasteiger partial charge in [-0.15, -0.1) is 11.0 Å². The van der Waals surface area contributed by atoms with Crippen molar-refractivity contribution in [2.24, 2.45) is 0 Å². The number of aliphatic carboxylic acids is 6. The Morgan fingerprint density at radius 1 is 0.632 bits per heavy atom. The summed E-state index contributed by atoms with van der Waals surface area (Å²) in [6.45, 7) is 6.52. The van der Waals surface area contributed by atoms with Crippen LogP contribution >= 0.6 is 0 Å². The van der Waals surface area contributed by atoms with Crippen LogP contribution in [-0.4, -0.2) is 45.8 Å². The normalized spacial score (nSPS) is 20.7. The Morgan fingerprint density at radius 2 is 1.19 bits per heavy atom. The average Bonchev–Trinajstić information content (AvgIpc) is 3.70. The van der Waals surface area contributed by atoms with E-state index in [1.807, 2.05) is 0 Å². The zero-order valence-electron chi connectivity index (χ0n) is 31.6. The molecule has 0 unspecified atom stereocenters. The Balaban J connectivity index is 0.00000720. The largest absolute Gasteiger partial charge is 0.664 e. The molecule has 0 N–H and O–H groups in total. The van der Waals surface area contributed by atoms with Gasteiger partial charge in [-0.3, -0.25) is 4.98 Å². The minimum Gasteiger partial charge on any atom is -0.664 e. The summed E-state index contributed by atoms with van der Waals surface area (Å²) in [4.78, 5) is 90.7. The fourth-order valence-electron chi connectivity index (χ4n) is 8.24. The number of carboxylic acids is 6. The molecule has 4 atom stereocenters. The molecule has 5 heterocycles. The molecule has 0 spiro atoms. The van der Waals surface area contributed by atoms with E-state index in [2.05, 4.69) is 0 Å². The summed E-state index contributed by atoms with van der Waals surface area (Å²) in [6.07, 6.45) is -3.34. The Kier molecular flexibility index (Phi) is 13.4. The first-order chi connectivity index (χ1) is 26.2. The molecule has 2 aromatic rings. The molecule has 2 aromatic heterocycles. The molecule has 306 valence electrons. The van der Waals surface area contributed by atoms with Crippen LogP contribution in [0.3, 0.4) is 0 Å². The van der Waals surface area contributed by atoms with Crippen molar-refractivity contribution < 1.29 is 76.5 Å². The third-order valence-corrected chi connectivity index (χ3v) is 11.3. The van der Waals surface area contributed by atoms with Crippen LogP contribution in [0.5, 0.6) is 0 Å². The molecular weight excluding hydrogens is 784 g/mol. The molecule has 0 aliphatic carbocycles. The van der Waals surface area contributed by atoms with E-state index in [0.717, 1.165) is 0 Å². The monoisotopic (exact) mass is 822 g/mol. The fraction of sp³-hybridized carbons (Fsp3) is 0.450. The minimum atomic E-state index is -1.48. The quantitative estimate of drug-likeness (QED) is 0.154. The second-order valence-electron chi connectivity index (χ2n) is 15.0. The predicted octanol–water partition coefficient (Wildman–Crippen LogP) is -2.83. The van der Waals surface area contributed by atoms with Gasteiger partial charge in [-0.25, -0.2) is 4.98 Å². The van der Waals surface area contributed by atoms with Crippen molar-refractivity contribution >= 4 is 58.0 Å². The molecule has 0 saturated carbocycles. The number of rotatable bonds is 16. The molecule has 5 rings (SSSR count). The molecule has 3 aliphatic heterocycles. The first-order valence-electron chi connectivity index (χ1n) is 18.1. The van der Waals surface area contributed by atoms with E-state index in [0.29, 0.717) is 27.8 Å². The van der Waals surface area contributed by atoms with Crippen LogP contribution < -0.4 is 40.6 Å². The molecule has 57 heavy (non-hydrogen) atoms. The van der Waals surface area contributed by atoms with Gasteiger partial charge < -0.3 is 69.4 Å². The van der Waals surface area contributed by atoms with Crippen LogP contribution in [0.4, 0.5) is 0 Å². The van der Waals surface area contributed by atoms with Gasteiger partial charge in [-0.1, -0.05) is 49.2 Å². The third-order valence-electron chi connectivity index (χ3n) is 11.3. The Labute approximate surface area is 337 Å². The molecule has 0 fully saturated rings. The average molecular weight is 823 g/mol. The van der Waals surface area contributed by atoms with Crippen LogP contribution in [0.1, 0.15) is 136 Å². The third kappa shape index (κ3) is 9.37. The van der Waals surface area contributed by atoms with Crippen molar-refractivity contribution in [3.05, 3.63) is 69.6 Å². The van der Waals surface area contributed by atoms with Crippen molar-refractivity contribution in [1.29, 1.82) is 0 Å². The number of fused-ring (bicyclic) bond motifs is 8. The first kappa shape index (κ1) is 44.2. The summed E-state index contributed by atoms with van der Waals surface area (Å²) in [5, 5.41) is 71.4. The number of allylic oxidation sites excluding steroid dienone is 2. The summed E-state index contributed by atoms with van der Waals surface area (Å²) in [7, 11) is 0. The van der Waals surface area contributed by atoms with Crippen molar-refractivity contribution in [3.63, 3.8) is 0 Å². The number of nitrogens with zero attached hydrogens (tertiary/aromatic N) is 4. The molecule has 8 bridgehead atoms. The van der Waals surface area contributed by atoms with Crippen LogP contribution in [0.2, 0.25) is 0 Å². The molecule has 0 aromatic carbocycles. The topological polar surface area (TPSA) is 295 Å². The molecule has 17 heteroatoms. The molecule has 16 nitrogen and oxygen atoms in total. The smallest absolute Gasteiger partial charge is 0.0660 e. The molecule has 0 saturated heterocycles. The van der Waals surface area contributed by atoms with E-state index in [1.165, 1.54) is 12.1 Å². The number of hydrogen-bond acceptors (Lipinski definition) is 14. The summed E-state index contributed by atoms with van der Waals surface area (Å²) in [6, 6.07) is 6.11. The predicted molar refractivity (Wildman–Crippen MR) is 183 cm³/mol. The van der Waals surface area contributed by atoms with Gasteiger partial charge in [-0.05, 0) is 101 Å². The second kappa shape index (κ2) is 17.3. The Bertz CT molecular complexity index is 2240. The Hall–Kier alpha value is -5.54. The molecular formula is C40H38FeN4O12-8. The van der Waals surface area contributed by atoms with Gasteiger partial charge in [0.2, 0.25) is 0 Å². The van der Waals surface area contributed by atoms with E-state index in [1.54, 1.807) is 39.8 Å². The SMILES string of the molecule is CC1=C(CCC(=O)[O-])c2cc3[n-]c(cc4nc(cc5[n-]c(cc1n2)[C@@](C)(CC(=O)[O-])[C@@H]5CCC(=O)[O-])[C@@](C)(CC(=O)[O-])[C@@H]4CCC(=O)[O-])c(C)c3CCC(=O)[O-].[Fe]. The maximum absolute atomic E-state index is 12.3.